The summed E-state index contributed by atoms with van der Waals surface area (Å²) in [7, 11) is 1.14. The molecule has 1 saturated carbocycles. The number of hydrogen-bond donors (Lipinski definition) is 0. The Morgan fingerprint density at radius 3 is 1.92 bits per heavy atom. The molecule has 3 nitrogen and oxygen atoms in total. The van der Waals surface area contributed by atoms with Crippen molar-refractivity contribution >= 4 is 5.91 Å². The molecule has 0 aromatic heterocycles. The van der Waals surface area contributed by atoms with Crippen LogP contribution in [0.25, 0.3) is 0 Å². The van der Waals surface area contributed by atoms with Crippen LogP contribution in [-0.4, -0.2) is 18.3 Å². The number of halogens is 1. The molecule has 0 unspecified atom stereocenters. The molecule has 13 heavy (non-hydrogen) atoms. The molecule has 76 valence electrons. The lowest BCUT2D eigenvalue weighted by Gasteiger charge is -2.08. The van der Waals surface area contributed by atoms with Gasteiger partial charge < -0.3 is 0 Å². The topological polar surface area (TPSA) is 29.5 Å². The minimum absolute atomic E-state index is 0.146. The molecule has 1 fully saturated rings. The van der Waals surface area contributed by atoms with E-state index in [1.807, 2.05) is 27.7 Å². The first-order chi connectivity index (χ1) is 5.76. The molecule has 1 aliphatic carbocycles. The number of rotatable bonds is 2. The highest BCUT2D eigenvalue weighted by molar-refractivity contribution is 5.82. The molecule has 1 amide bonds. The predicted molar refractivity (Wildman–Crippen MR) is 46.0 cm³/mol. The molecule has 0 aliphatic heterocycles. The minimum Gasteiger partial charge on any atom is -0.269 e. The van der Waals surface area contributed by atoms with Gasteiger partial charge in [-0.3, -0.25) is 4.79 Å². The quantitative estimate of drug-likeness (QED) is 0.490. The lowest BCUT2D eigenvalue weighted by atomic mass is 10.0. The van der Waals surface area contributed by atoms with Crippen LogP contribution in [0.3, 0.4) is 0 Å². The Hall–Kier alpha value is -0.640. The molecule has 1 aliphatic rings. The van der Waals surface area contributed by atoms with Crippen LogP contribution >= 0.6 is 0 Å². The molecular weight excluding hydrogens is 173 g/mol. The Labute approximate surface area is 77.7 Å². The molecule has 0 atom stereocenters. The molecule has 0 spiro atoms. The summed E-state index contributed by atoms with van der Waals surface area (Å²) in [5.74, 6) is -0.873. The fourth-order valence-corrected chi connectivity index (χ4v) is 2.01. The van der Waals surface area contributed by atoms with Crippen molar-refractivity contribution in [2.45, 2.75) is 27.7 Å². The van der Waals surface area contributed by atoms with Crippen LogP contribution in [0, 0.1) is 16.7 Å². The summed E-state index contributed by atoms with van der Waals surface area (Å²) in [6.45, 7) is 7.83. The molecule has 4 heteroatoms. The molecule has 0 radical (unpaired) electrons. The van der Waals surface area contributed by atoms with Gasteiger partial charge in [0, 0.05) is 0 Å². The van der Waals surface area contributed by atoms with Gasteiger partial charge in [-0.05, 0) is 16.1 Å². The number of carbonyl (C=O) groups is 1. The lowest BCUT2D eigenvalue weighted by Crippen LogP contribution is -2.25. The van der Waals surface area contributed by atoms with E-state index in [4.69, 9.17) is 0 Å². The highest BCUT2D eigenvalue weighted by Gasteiger charge is 2.69. The zero-order chi connectivity index (χ0) is 10.4. The van der Waals surface area contributed by atoms with E-state index in [1.165, 1.54) is 0 Å². The van der Waals surface area contributed by atoms with Crippen LogP contribution in [0.15, 0.2) is 0 Å². The van der Waals surface area contributed by atoms with E-state index >= 15 is 0 Å². The van der Waals surface area contributed by atoms with Crippen LogP contribution in [0.5, 0.6) is 0 Å². The summed E-state index contributed by atoms with van der Waals surface area (Å²) in [5.41, 5.74) is -0.292. The van der Waals surface area contributed by atoms with Crippen molar-refractivity contribution in [2.24, 2.45) is 16.7 Å². The van der Waals surface area contributed by atoms with Gasteiger partial charge in [-0.25, -0.2) is 4.84 Å². The Balaban J connectivity index is 2.73. The summed E-state index contributed by atoms with van der Waals surface area (Å²) in [6, 6.07) is 0. The zero-order valence-corrected chi connectivity index (χ0v) is 8.72. The first-order valence-electron chi connectivity index (χ1n) is 4.30. The molecule has 0 saturated heterocycles. The van der Waals surface area contributed by atoms with Gasteiger partial charge in [0.2, 0.25) is 0 Å². The van der Waals surface area contributed by atoms with Crippen molar-refractivity contribution in [1.29, 1.82) is 0 Å². The highest BCUT2D eigenvalue weighted by Crippen LogP contribution is 2.68. The summed E-state index contributed by atoms with van der Waals surface area (Å²) in [6.07, 6.45) is 0. The molecule has 0 heterocycles. The maximum atomic E-state index is 12.8. The SMILES string of the molecule is CON(F)C(=O)C1C(C)(C)C1(C)C. The Bertz CT molecular complexity index is 224. The van der Waals surface area contributed by atoms with Gasteiger partial charge in [-0.2, -0.15) is 0 Å². The Kier molecular flexibility index (Phi) is 2.15. The van der Waals surface area contributed by atoms with Gasteiger partial charge >= 0.3 is 0 Å². The maximum Gasteiger partial charge on any atom is 0.282 e. The van der Waals surface area contributed by atoms with Gasteiger partial charge in [-0.1, -0.05) is 32.2 Å². The van der Waals surface area contributed by atoms with E-state index in [9.17, 15) is 9.28 Å². The fourth-order valence-electron chi connectivity index (χ4n) is 2.01. The van der Waals surface area contributed by atoms with Crippen molar-refractivity contribution in [2.75, 3.05) is 7.11 Å². The average Bonchev–Trinajstić information content (AvgIpc) is 2.41. The minimum atomic E-state index is -0.586. The van der Waals surface area contributed by atoms with Crippen molar-refractivity contribution < 1.29 is 14.1 Å². The van der Waals surface area contributed by atoms with Crippen molar-refractivity contribution in [1.82, 2.24) is 5.29 Å². The second-order valence-electron chi connectivity index (χ2n) is 4.64. The smallest absolute Gasteiger partial charge is 0.269 e. The number of nitrogens with zero attached hydrogens (tertiary/aromatic N) is 1. The van der Waals surface area contributed by atoms with Crippen LogP contribution in [0.2, 0.25) is 0 Å². The van der Waals surface area contributed by atoms with E-state index in [-0.39, 0.29) is 22.0 Å². The summed E-state index contributed by atoms with van der Waals surface area (Å²) < 4.78 is 12.8. The van der Waals surface area contributed by atoms with Crippen LogP contribution in [0.1, 0.15) is 27.7 Å². The summed E-state index contributed by atoms with van der Waals surface area (Å²) >= 11 is 0. The number of amides is 1. The number of hydrogen-bond acceptors (Lipinski definition) is 2. The van der Waals surface area contributed by atoms with Crippen molar-refractivity contribution in [3.8, 4) is 0 Å². The zero-order valence-electron chi connectivity index (χ0n) is 8.72. The largest absolute Gasteiger partial charge is 0.282 e. The van der Waals surface area contributed by atoms with Crippen molar-refractivity contribution in [3.63, 3.8) is 0 Å². The van der Waals surface area contributed by atoms with E-state index in [0.29, 0.717) is 0 Å². The van der Waals surface area contributed by atoms with Gasteiger partial charge in [0.05, 0.1) is 13.0 Å². The molecule has 0 bridgehead atoms. The molecule has 1 rings (SSSR count). The van der Waals surface area contributed by atoms with Crippen LogP contribution in [0.4, 0.5) is 4.48 Å². The van der Waals surface area contributed by atoms with Crippen molar-refractivity contribution in [3.05, 3.63) is 0 Å². The Morgan fingerprint density at radius 1 is 1.31 bits per heavy atom. The number of hydroxylamine groups is 1. The van der Waals surface area contributed by atoms with E-state index in [2.05, 4.69) is 4.84 Å². The van der Waals surface area contributed by atoms with Crippen LogP contribution in [-0.2, 0) is 9.63 Å². The molecular formula is C9H16FNO2. The third-order valence-electron chi connectivity index (χ3n) is 3.60. The van der Waals surface area contributed by atoms with Gasteiger partial charge in [-0.15, -0.1) is 0 Å². The van der Waals surface area contributed by atoms with E-state index < -0.39 is 5.91 Å². The average molecular weight is 189 g/mol. The van der Waals surface area contributed by atoms with E-state index in [1.54, 1.807) is 0 Å². The highest BCUT2D eigenvalue weighted by atomic mass is 19.2. The third-order valence-corrected chi connectivity index (χ3v) is 3.60. The normalized spacial score (nSPS) is 24.2. The molecule has 0 N–H and O–H groups in total. The second-order valence-corrected chi connectivity index (χ2v) is 4.64. The monoisotopic (exact) mass is 189 g/mol. The number of carbonyl (C=O) groups excluding carboxylic acids is 1. The van der Waals surface area contributed by atoms with E-state index in [0.717, 1.165) is 7.11 Å². The van der Waals surface area contributed by atoms with Gasteiger partial charge in [0.1, 0.15) is 0 Å². The fraction of sp³-hybridized carbons (Fsp3) is 0.889. The van der Waals surface area contributed by atoms with Gasteiger partial charge in [0.15, 0.2) is 0 Å². The first-order valence-corrected chi connectivity index (χ1v) is 4.30. The predicted octanol–water partition coefficient (Wildman–Crippen LogP) is 1.94. The molecule has 0 aromatic carbocycles. The second kappa shape index (κ2) is 2.67. The van der Waals surface area contributed by atoms with Crippen LogP contribution < -0.4 is 0 Å². The Morgan fingerprint density at radius 2 is 1.69 bits per heavy atom. The standard InChI is InChI=1S/C9H16FNO2/c1-8(2)6(9(8,3)4)7(12)11(10)13-5/h6H,1-5H3. The third kappa shape index (κ3) is 1.24. The maximum absolute atomic E-state index is 12.8. The van der Waals surface area contributed by atoms with Gasteiger partial charge in [0.25, 0.3) is 5.91 Å². The summed E-state index contributed by atoms with van der Waals surface area (Å²) in [4.78, 5) is 15.6. The lowest BCUT2D eigenvalue weighted by molar-refractivity contribution is -0.252. The first kappa shape index (κ1) is 10.4. The summed E-state index contributed by atoms with van der Waals surface area (Å²) in [5, 5.41) is -0.179. The molecule has 0 aromatic rings.